The van der Waals surface area contributed by atoms with Crippen molar-refractivity contribution in [1.82, 2.24) is 4.98 Å². The lowest BCUT2D eigenvalue weighted by atomic mass is 10.1. The Labute approximate surface area is 98.6 Å². The molecule has 0 aliphatic heterocycles. The molecule has 0 aliphatic rings. The number of hydrogen-bond donors (Lipinski definition) is 1. The molecule has 0 amide bonds. The molecule has 80 valence electrons. The SMILES string of the molecule is C#Cc1nc(-c2ccccc2)c(C(C)O)s1. The van der Waals surface area contributed by atoms with Gasteiger partial charge in [-0.05, 0) is 12.8 Å². The number of terminal acetylenes is 1. The zero-order chi connectivity index (χ0) is 11.5. The van der Waals surface area contributed by atoms with E-state index in [0.29, 0.717) is 5.01 Å². The van der Waals surface area contributed by atoms with E-state index in [9.17, 15) is 5.11 Å². The summed E-state index contributed by atoms with van der Waals surface area (Å²) in [5.74, 6) is 2.51. The highest BCUT2D eigenvalue weighted by molar-refractivity contribution is 7.12. The molecule has 0 bridgehead atoms. The molecule has 0 saturated carbocycles. The van der Waals surface area contributed by atoms with Crippen molar-refractivity contribution in [1.29, 1.82) is 0 Å². The van der Waals surface area contributed by atoms with Crippen LogP contribution in [0.25, 0.3) is 11.3 Å². The van der Waals surface area contributed by atoms with Crippen molar-refractivity contribution in [3.8, 4) is 23.6 Å². The second-order valence-corrected chi connectivity index (χ2v) is 4.45. The standard InChI is InChI=1S/C13H11NOS/c1-3-11-14-12(13(16-11)9(2)15)10-7-5-4-6-8-10/h1,4-9,15H,2H3. The predicted octanol–water partition coefficient (Wildman–Crippen LogP) is 2.84. The van der Waals surface area contributed by atoms with Crippen molar-refractivity contribution < 1.29 is 5.11 Å². The van der Waals surface area contributed by atoms with Gasteiger partial charge in [-0.3, -0.25) is 0 Å². The molecule has 2 aromatic rings. The van der Waals surface area contributed by atoms with Crippen LogP contribution in [0.5, 0.6) is 0 Å². The van der Waals surface area contributed by atoms with Gasteiger partial charge in [0.2, 0.25) is 0 Å². The van der Waals surface area contributed by atoms with Gasteiger partial charge in [-0.1, -0.05) is 30.3 Å². The van der Waals surface area contributed by atoms with E-state index < -0.39 is 6.10 Å². The van der Waals surface area contributed by atoms with Crippen LogP contribution in [-0.2, 0) is 0 Å². The lowest BCUT2D eigenvalue weighted by Gasteiger charge is -2.03. The first-order chi connectivity index (χ1) is 7.72. The van der Waals surface area contributed by atoms with Crippen molar-refractivity contribution in [2.75, 3.05) is 0 Å². The first-order valence-electron chi connectivity index (χ1n) is 4.93. The number of aliphatic hydroxyl groups is 1. The molecule has 1 heterocycles. The number of aromatic nitrogens is 1. The highest BCUT2D eigenvalue weighted by atomic mass is 32.1. The van der Waals surface area contributed by atoms with E-state index in [1.165, 1.54) is 11.3 Å². The first kappa shape index (κ1) is 10.9. The summed E-state index contributed by atoms with van der Waals surface area (Å²) >= 11 is 1.37. The number of hydrogen-bond acceptors (Lipinski definition) is 3. The van der Waals surface area contributed by atoms with Crippen LogP contribution in [0.1, 0.15) is 22.9 Å². The fourth-order valence-corrected chi connectivity index (χ4v) is 2.31. The number of thiazole rings is 1. The van der Waals surface area contributed by atoms with Crippen LogP contribution in [0.15, 0.2) is 30.3 Å². The van der Waals surface area contributed by atoms with Gasteiger partial charge in [0.25, 0.3) is 0 Å². The Morgan fingerprint density at radius 1 is 1.38 bits per heavy atom. The molecule has 1 atom stereocenters. The molecular formula is C13H11NOS. The zero-order valence-corrected chi connectivity index (χ0v) is 9.66. The molecule has 2 nitrogen and oxygen atoms in total. The van der Waals surface area contributed by atoms with Crippen LogP contribution >= 0.6 is 11.3 Å². The molecule has 0 radical (unpaired) electrons. The Morgan fingerprint density at radius 2 is 2.06 bits per heavy atom. The van der Waals surface area contributed by atoms with Crippen molar-refractivity contribution in [2.45, 2.75) is 13.0 Å². The van der Waals surface area contributed by atoms with Crippen molar-refractivity contribution in [2.24, 2.45) is 0 Å². The number of rotatable bonds is 2. The smallest absolute Gasteiger partial charge is 0.167 e. The maximum absolute atomic E-state index is 9.68. The monoisotopic (exact) mass is 229 g/mol. The molecule has 3 heteroatoms. The lowest BCUT2D eigenvalue weighted by Crippen LogP contribution is -1.90. The fraction of sp³-hybridized carbons (Fsp3) is 0.154. The zero-order valence-electron chi connectivity index (χ0n) is 8.84. The van der Waals surface area contributed by atoms with Gasteiger partial charge >= 0.3 is 0 Å². The van der Waals surface area contributed by atoms with Crippen molar-refractivity contribution in [3.63, 3.8) is 0 Å². The van der Waals surface area contributed by atoms with Crippen LogP contribution < -0.4 is 0 Å². The first-order valence-corrected chi connectivity index (χ1v) is 5.75. The fourth-order valence-electron chi connectivity index (χ4n) is 1.48. The van der Waals surface area contributed by atoms with Crippen LogP contribution in [-0.4, -0.2) is 10.1 Å². The summed E-state index contributed by atoms with van der Waals surface area (Å²) in [4.78, 5) is 5.16. The van der Waals surface area contributed by atoms with E-state index in [-0.39, 0.29) is 0 Å². The van der Waals surface area contributed by atoms with E-state index in [2.05, 4.69) is 10.9 Å². The second-order valence-electron chi connectivity index (χ2n) is 3.42. The topological polar surface area (TPSA) is 33.1 Å². The van der Waals surface area contributed by atoms with Crippen LogP contribution in [0.3, 0.4) is 0 Å². The van der Waals surface area contributed by atoms with E-state index >= 15 is 0 Å². The van der Waals surface area contributed by atoms with Crippen molar-refractivity contribution >= 4 is 11.3 Å². The third kappa shape index (κ3) is 1.99. The Hall–Kier alpha value is -1.63. The van der Waals surface area contributed by atoms with Gasteiger partial charge in [0.15, 0.2) is 5.01 Å². The van der Waals surface area contributed by atoms with Gasteiger partial charge in [0, 0.05) is 5.56 Å². The van der Waals surface area contributed by atoms with Gasteiger partial charge in [0.05, 0.1) is 16.7 Å². The molecule has 0 fully saturated rings. The van der Waals surface area contributed by atoms with Crippen LogP contribution in [0.2, 0.25) is 0 Å². The van der Waals surface area contributed by atoms with Gasteiger partial charge in [-0.15, -0.1) is 17.8 Å². The summed E-state index contributed by atoms with van der Waals surface area (Å²) in [6.07, 6.45) is 4.78. The van der Waals surface area contributed by atoms with E-state index in [1.54, 1.807) is 6.92 Å². The van der Waals surface area contributed by atoms with Crippen LogP contribution in [0.4, 0.5) is 0 Å². The summed E-state index contributed by atoms with van der Waals surface area (Å²) < 4.78 is 0. The molecule has 1 N–H and O–H groups in total. The Balaban J connectivity index is 2.56. The number of nitrogens with zero attached hydrogens (tertiary/aromatic N) is 1. The van der Waals surface area contributed by atoms with Gasteiger partial charge in [-0.25, -0.2) is 4.98 Å². The predicted molar refractivity (Wildman–Crippen MR) is 66.1 cm³/mol. The Morgan fingerprint density at radius 3 is 2.62 bits per heavy atom. The molecule has 0 spiro atoms. The average molecular weight is 229 g/mol. The quantitative estimate of drug-likeness (QED) is 0.803. The average Bonchev–Trinajstić information content (AvgIpc) is 2.74. The molecular weight excluding hydrogens is 218 g/mol. The highest BCUT2D eigenvalue weighted by Gasteiger charge is 2.15. The van der Waals surface area contributed by atoms with Gasteiger partial charge in [-0.2, -0.15) is 0 Å². The van der Waals surface area contributed by atoms with Crippen molar-refractivity contribution in [3.05, 3.63) is 40.2 Å². The number of benzene rings is 1. The second kappa shape index (κ2) is 4.48. The maximum atomic E-state index is 9.68. The highest BCUT2D eigenvalue weighted by Crippen LogP contribution is 2.32. The Kier molecular flexibility index (Phi) is 3.04. The van der Waals surface area contributed by atoms with E-state index in [1.807, 2.05) is 30.3 Å². The third-order valence-electron chi connectivity index (χ3n) is 2.20. The summed E-state index contributed by atoms with van der Waals surface area (Å²) in [5, 5.41) is 10.3. The lowest BCUT2D eigenvalue weighted by molar-refractivity contribution is 0.203. The third-order valence-corrected chi connectivity index (χ3v) is 3.36. The Bertz CT molecular complexity index is 523. The molecule has 16 heavy (non-hydrogen) atoms. The normalized spacial score (nSPS) is 12.1. The molecule has 0 aliphatic carbocycles. The summed E-state index contributed by atoms with van der Waals surface area (Å²) in [6.45, 7) is 1.72. The largest absolute Gasteiger partial charge is 0.388 e. The molecule has 1 aromatic heterocycles. The minimum absolute atomic E-state index is 0.546. The van der Waals surface area contributed by atoms with Gasteiger partial charge < -0.3 is 5.11 Å². The molecule has 2 rings (SSSR count). The molecule has 0 saturated heterocycles. The summed E-state index contributed by atoms with van der Waals surface area (Å²) in [6, 6.07) is 9.74. The summed E-state index contributed by atoms with van der Waals surface area (Å²) in [5.41, 5.74) is 1.77. The minimum Gasteiger partial charge on any atom is -0.388 e. The van der Waals surface area contributed by atoms with E-state index in [4.69, 9.17) is 6.42 Å². The minimum atomic E-state index is -0.546. The van der Waals surface area contributed by atoms with Crippen LogP contribution in [0, 0.1) is 12.3 Å². The maximum Gasteiger partial charge on any atom is 0.167 e. The summed E-state index contributed by atoms with van der Waals surface area (Å²) in [7, 11) is 0. The molecule has 1 aromatic carbocycles. The molecule has 1 unspecified atom stereocenters. The van der Waals surface area contributed by atoms with E-state index in [0.717, 1.165) is 16.1 Å². The van der Waals surface area contributed by atoms with Gasteiger partial charge in [0.1, 0.15) is 0 Å². The number of aliphatic hydroxyl groups excluding tert-OH is 1.